The molecule has 0 heterocycles. The van der Waals surface area contributed by atoms with E-state index in [1.165, 1.54) is 24.8 Å². The van der Waals surface area contributed by atoms with E-state index in [0.717, 1.165) is 12.0 Å². The summed E-state index contributed by atoms with van der Waals surface area (Å²) in [5.74, 6) is 1.95. The van der Waals surface area contributed by atoms with E-state index in [9.17, 15) is 5.11 Å². The molecule has 1 nitrogen and oxygen atoms in total. The van der Waals surface area contributed by atoms with Crippen molar-refractivity contribution in [3.63, 3.8) is 0 Å². The molecule has 1 fully saturated rings. The molecule has 0 amide bonds. The maximum absolute atomic E-state index is 9.69. The highest BCUT2D eigenvalue weighted by molar-refractivity contribution is 6.76. The molecule has 122 valence electrons. The lowest BCUT2D eigenvalue weighted by atomic mass is 9.65. The molecule has 3 atom stereocenters. The van der Waals surface area contributed by atoms with Crippen LogP contribution < -0.4 is 0 Å². The lowest BCUT2D eigenvalue weighted by Crippen LogP contribution is -2.31. The van der Waals surface area contributed by atoms with E-state index in [0.29, 0.717) is 17.3 Å². The third kappa shape index (κ3) is 6.12. The fraction of sp³-hybridized carbons (Fsp3) is 0.789. The number of rotatable bonds is 5. The van der Waals surface area contributed by atoms with Crippen molar-refractivity contribution in [1.82, 2.24) is 0 Å². The number of aliphatic hydroxyl groups excluding tert-OH is 1. The molecule has 0 spiro atoms. The molecule has 21 heavy (non-hydrogen) atoms. The highest BCUT2D eigenvalue weighted by atomic mass is 28.3. The van der Waals surface area contributed by atoms with Gasteiger partial charge in [-0.3, -0.25) is 0 Å². The summed E-state index contributed by atoms with van der Waals surface area (Å²) in [6, 6.07) is 1.12. The van der Waals surface area contributed by atoms with Crippen LogP contribution in [0.3, 0.4) is 0 Å². The van der Waals surface area contributed by atoms with Crippen LogP contribution in [-0.2, 0) is 0 Å². The molecule has 0 bridgehead atoms. The zero-order valence-corrected chi connectivity index (χ0v) is 16.1. The minimum atomic E-state index is -1.16. The van der Waals surface area contributed by atoms with Gasteiger partial charge in [-0.2, -0.15) is 0 Å². The largest absolute Gasteiger partial charge is 0.392 e. The molecule has 0 aromatic rings. The van der Waals surface area contributed by atoms with Gasteiger partial charge in [0.25, 0.3) is 0 Å². The Morgan fingerprint density at radius 2 is 1.81 bits per heavy atom. The van der Waals surface area contributed by atoms with Crippen molar-refractivity contribution < 1.29 is 5.11 Å². The molecule has 0 aliphatic heterocycles. The summed E-state index contributed by atoms with van der Waals surface area (Å²) in [4.78, 5) is 0. The summed E-state index contributed by atoms with van der Waals surface area (Å²) in [6.07, 6.45) is 8.35. The van der Waals surface area contributed by atoms with E-state index < -0.39 is 8.07 Å². The van der Waals surface area contributed by atoms with E-state index in [2.05, 4.69) is 59.1 Å². The minimum Gasteiger partial charge on any atom is -0.392 e. The molecule has 2 heteroatoms. The topological polar surface area (TPSA) is 20.2 Å². The van der Waals surface area contributed by atoms with Crippen molar-refractivity contribution in [3.8, 4) is 0 Å². The Morgan fingerprint density at radius 1 is 1.19 bits per heavy atom. The Kier molecular flexibility index (Phi) is 6.48. The molecule has 1 rings (SSSR count). The average Bonchev–Trinajstić information content (AvgIpc) is 2.35. The molecule has 0 aromatic carbocycles. The first-order valence-electron chi connectivity index (χ1n) is 8.50. The van der Waals surface area contributed by atoms with E-state index in [4.69, 9.17) is 0 Å². The second kappa shape index (κ2) is 7.28. The predicted molar refractivity (Wildman–Crippen MR) is 97.3 cm³/mol. The number of hydrogen-bond acceptors (Lipinski definition) is 1. The second-order valence-corrected chi connectivity index (χ2v) is 14.6. The van der Waals surface area contributed by atoms with Crippen molar-refractivity contribution in [3.05, 3.63) is 24.3 Å². The smallest absolute Gasteiger partial charge is 0.0639 e. The lowest BCUT2D eigenvalue weighted by Gasteiger charge is -2.40. The Balaban J connectivity index is 2.81. The van der Waals surface area contributed by atoms with Crippen molar-refractivity contribution >= 4 is 8.07 Å². The van der Waals surface area contributed by atoms with Crippen molar-refractivity contribution in [2.75, 3.05) is 6.61 Å². The molecular weight excluding hydrogens is 272 g/mol. The van der Waals surface area contributed by atoms with E-state index in [1.807, 2.05) is 0 Å². The Labute approximate surface area is 133 Å². The fourth-order valence-corrected chi connectivity index (χ4v) is 5.24. The van der Waals surface area contributed by atoms with Gasteiger partial charge in [-0.25, -0.2) is 0 Å². The van der Waals surface area contributed by atoms with Crippen LogP contribution in [-0.4, -0.2) is 19.8 Å². The zero-order valence-electron chi connectivity index (χ0n) is 15.1. The van der Waals surface area contributed by atoms with Crippen LogP contribution in [0.15, 0.2) is 24.3 Å². The Bertz CT molecular complexity index is 370. The van der Waals surface area contributed by atoms with Gasteiger partial charge in [0.15, 0.2) is 0 Å². The molecule has 1 N–H and O–H groups in total. The van der Waals surface area contributed by atoms with Gasteiger partial charge < -0.3 is 5.11 Å². The quantitative estimate of drug-likeness (QED) is 0.524. The first-order chi connectivity index (χ1) is 9.56. The van der Waals surface area contributed by atoms with Gasteiger partial charge in [0.2, 0.25) is 0 Å². The van der Waals surface area contributed by atoms with Crippen molar-refractivity contribution in [2.24, 2.45) is 23.2 Å². The SMILES string of the molecule is C=C[C@H]1C[C@@H](C(C)(C)C)CC[C@@H]1/C=C(\CO)C[Si](C)(C)C. The standard InChI is InChI=1S/C19H36OSi/c1-8-16-12-18(19(2,3)4)10-9-17(16)11-15(13-20)14-21(5,6)7/h8,11,16-18,20H,1,9-10,12-14H2,2-7H3/b15-11+/t16-,17+,18-/m0/s1. The normalized spacial score (nSPS) is 28.5. The molecule has 0 saturated heterocycles. The summed E-state index contributed by atoms with van der Waals surface area (Å²) in [7, 11) is -1.16. The van der Waals surface area contributed by atoms with Gasteiger partial charge in [-0.15, -0.1) is 6.58 Å². The summed E-state index contributed by atoms with van der Waals surface area (Å²) in [5.41, 5.74) is 1.66. The number of hydrogen-bond donors (Lipinski definition) is 1. The summed E-state index contributed by atoms with van der Waals surface area (Å²) in [5, 5.41) is 9.69. The molecule has 1 saturated carbocycles. The molecule has 0 unspecified atom stereocenters. The van der Waals surface area contributed by atoms with Crippen LogP contribution in [0.2, 0.25) is 25.7 Å². The van der Waals surface area contributed by atoms with Crippen LogP contribution in [0, 0.1) is 23.2 Å². The first-order valence-corrected chi connectivity index (χ1v) is 12.2. The number of allylic oxidation sites excluding steroid dienone is 2. The van der Waals surface area contributed by atoms with Gasteiger partial charge in [0.05, 0.1) is 6.61 Å². The molecule has 0 aromatic heterocycles. The lowest BCUT2D eigenvalue weighted by molar-refractivity contribution is 0.135. The van der Waals surface area contributed by atoms with Gasteiger partial charge in [0.1, 0.15) is 0 Å². The molecular formula is C19H36OSi. The number of aliphatic hydroxyl groups is 1. The maximum atomic E-state index is 9.69. The maximum Gasteiger partial charge on any atom is 0.0639 e. The van der Waals surface area contributed by atoms with Crippen molar-refractivity contribution in [1.29, 1.82) is 0 Å². The minimum absolute atomic E-state index is 0.229. The zero-order chi connectivity index (χ0) is 16.3. The van der Waals surface area contributed by atoms with Crippen molar-refractivity contribution in [2.45, 2.75) is 65.7 Å². The summed E-state index contributed by atoms with van der Waals surface area (Å²) in [6.45, 7) is 18.5. The highest BCUT2D eigenvalue weighted by Crippen LogP contribution is 2.44. The van der Waals surface area contributed by atoms with Crippen LogP contribution >= 0.6 is 0 Å². The molecule has 0 radical (unpaired) electrons. The fourth-order valence-electron chi connectivity index (χ4n) is 3.64. The predicted octanol–water partition coefficient (Wildman–Crippen LogP) is 5.51. The van der Waals surface area contributed by atoms with Crippen LogP contribution in [0.4, 0.5) is 0 Å². The van der Waals surface area contributed by atoms with Gasteiger partial charge >= 0.3 is 0 Å². The Hall–Kier alpha value is -0.343. The van der Waals surface area contributed by atoms with Crippen LogP contribution in [0.1, 0.15) is 40.0 Å². The van der Waals surface area contributed by atoms with Gasteiger partial charge in [0, 0.05) is 8.07 Å². The highest BCUT2D eigenvalue weighted by Gasteiger charge is 2.34. The third-order valence-corrected chi connectivity index (χ3v) is 6.41. The van der Waals surface area contributed by atoms with Gasteiger partial charge in [-0.05, 0) is 48.5 Å². The Morgan fingerprint density at radius 3 is 2.24 bits per heavy atom. The first kappa shape index (κ1) is 18.7. The van der Waals surface area contributed by atoms with E-state index in [-0.39, 0.29) is 6.61 Å². The molecule has 1 aliphatic carbocycles. The van der Waals surface area contributed by atoms with Crippen LogP contribution in [0.25, 0.3) is 0 Å². The second-order valence-electron chi connectivity index (χ2n) is 9.16. The monoisotopic (exact) mass is 308 g/mol. The summed E-state index contributed by atoms with van der Waals surface area (Å²) < 4.78 is 0. The third-order valence-electron chi connectivity index (χ3n) is 4.89. The summed E-state index contributed by atoms with van der Waals surface area (Å²) >= 11 is 0. The molecule has 1 aliphatic rings. The average molecular weight is 309 g/mol. The van der Waals surface area contributed by atoms with E-state index >= 15 is 0 Å². The van der Waals surface area contributed by atoms with E-state index in [1.54, 1.807) is 0 Å². The van der Waals surface area contributed by atoms with Gasteiger partial charge in [-0.1, -0.05) is 58.1 Å². The van der Waals surface area contributed by atoms with Crippen LogP contribution in [0.5, 0.6) is 0 Å².